The number of aliphatic hydroxyl groups is 5. The number of hydrogen-bond donors (Lipinski definition) is 6. The van der Waals surface area contributed by atoms with Gasteiger partial charge in [-0.05, 0) is 12.8 Å². The van der Waals surface area contributed by atoms with E-state index >= 15 is 0 Å². The average molecular weight is 435 g/mol. The standard InChI is InChI=1S/C22H42O8/c23-16-18(25)21(29)22(30)20(28)17(24)14-12-10-8-6-4-2-1-3-5-7-9-11-13-15-19(26)27/h18,20-23,25,28-30H,1-16H2,(H,26,27)/t18-,20+,21-,22-/m1/s1. The van der Waals surface area contributed by atoms with Crippen molar-refractivity contribution in [2.75, 3.05) is 6.61 Å². The first-order valence-corrected chi connectivity index (χ1v) is 11.4. The zero-order valence-electron chi connectivity index (χ0n) is 18.1. The van der Waals surface area contributed by atoms with Crippen molar-refractivity contribution < 1.29 is 40.2 Å². The Bertz CT molecular complexity index is 443. The van der Waals surface area contributed by atoms with Crippen molar-refractivity contribution in [3.8, 4) is 0 Å². The number of carboxylic acid groups (broad SMARTS) is 1. The first-order chi connectivity index (χ1) is 14.3. The van der Waals surface area contributed by atoms with Crippen molar-refractivity contribution in [3.63, 3.8) is 0 Å². The highest BCUT2D eigenvalue weighted by Gasteiger charge is 2.33. The molecule has 6 N–H and O–H groups in total. The molecule has 4 atom stereocenters. The maximum Gasteiger partial charge on any atom is 0.303 e. The summed E-state index contributed by atoms with van der Waals surface area (Å²) in [5, 5.41) is 55.5. The van der Waals surface area contributed by atoms with Crippen LogP contribution in [0.4, 0.5) is 0 Å². The molecule has 0 rings (SSSR count). The first-order valence-electron chi connectivity index (χ1n) is 11.4. The van der Waals surface area contributed by atoms with Gasteiger partial charge in [0.15, 0.2) is 5.78 Å². The van der Waals surface area contributed by atoms with Crippen LogP contribution in [0.1, 0.15) is 96.3 Å². The molecule has 0 amide bonds. The fourth-order valence-corrected chi connectivity index (χ4v) is 3.38. The van der Waals surface area contributed by atoms with Gasteiger partial charge in [0.2, 0.25) is 0 Å². The molecule has 0 aromatic heterocycles. The highest BCUT2D eigenvalue weighted by Crippen LogP contribution is 2.14. The van der Waals surface area contributed by atoms with Crippen LogP contribution >= 0.6 is 0 Å². The number of aliphatic hydroxyl groups excluding tert-OH is 5. The second-order valence-corrected chi connectivity index (χ2v) is 8.13. The quantitative estimate of drug-likeness (QED) is 0.150. The predicted octanol–water partition coefficient (Wildman–Crippen LogP) is 1.93. The molecule has 8 heteroatoms. The molecule has 0 radical (unpaired) electrons. The Hall–Kier alpha value is -1.06. The second kappa shape index (κ2) is 18.7. The normalized spacial score (nSPS) is 15.5. The zero-order chi connectivity index (χ0) is 22.8. The van der Waals surface area contributed by atoms with Gasteiger partial charge in [-0.1, -0.05) is 70.6 Å². The molecule has 0 aromatic rings. The summed E-state index contributed by atoms with van der Waals surface area (Å²) in [6, 6.07) is 0. The molecule has 0 bridgehead atoms. The van der Waals surface area contributed by atoms with E-state index in [4.69, 9.17) is 10.2 Å². The minimum atomic E-state index is -1.82. The summed E-state index contributed by atoms with van der Waals surface area (Å²) in [4.78, 5) is 22.3. The number of rotatable bonds is 21. The summed E-state index contributed by atoms with van der Waals surface area (Å²) in [5.41, 5.74) is 0. The van der Waals surface area contributed by atoms with E-state index in [1.54, 1.807) is 0 Å². The van der Waals surface area contributed by atoms with E-state index in [1.807, 2.05) is 0 Å². The second-order valence-electron chi connectivity index (χ2n) is 8.13. The van der Waals surface area contributed by atoms with E-state index < -0.39 is 42.8 Å². The third-order valence-electron chi connectivity index (χ3n) is 5.40. The molecule has 8 nitrogen and oxygen atoms in total. The Morgan fingerprint density at radius 3 is 1.30 bits per heavy atom. The molecule has 30 heavy (non-hydrogen) atoms. The lowest BCUT2D eigenvalue weighted by molar-refractivity contribution is -0.147. The topological polar surface area (TPSA) is 156 Å². The molecule has 0 unspecified atom stereocenters. The van der Waals surface area contributed by atoms with Crippen LogP contribution in [-0.4, -0.2) is 73.4 Å². The third kappa shape index (κ3) is 14.8. The molecular formula is C22H42O8. The molecule has 0 saturated heterocycles. The van der Waals surface area contributed by atoms with Gasteiger partial charge in [0.05, 0.1) is 6.61 Å². The number of carbonyl (C=O) groups excluding carboxylic acids is 1. The summed E-state index contributed by atoms with van der Waals surface area (Å²) < 4.78 is 0. The number of aliphatic carboxylic acids is 1. The lowest BCUT2D eigenvalue weighted by Crippen LogP contribution is -2.48. The SMILES string of the molecule is O=C(O)CCCCCCCCCCCCCCCC(=O)[C@H](O)[C@@H](O)[C@H](O)[C@H](O)CO. The Labute approximate surface area is 179 Å². The van der Waals surface area contributed by atoms with Gasteiger partial charge in [0.1, 0.15) is 24.4 Å². The molecular weight excluding hydrogens is 392 g/mol. The lowest BCUT2D eigenvalue weighted by Gasteiger charge is -2.24. The summed E-state index contributed by atoms with van der Waals surface area (Å²) in [7, 11) is 0. The summed E-state index contributed by atoms with van der Waals surface area (Å²) >= 11 is 0. The zero-order valence-corrected chi connectivity index (χ0v) is 18.1. The van der Waals surface area contributed by atoms with Crippen molar-refractivity contribution in [1.82, 2.24) is 0 Å². The van der Waals surface area contributed by atoms with Crippen LogP contribution in [0, 0.1) is 0 Å². The molecule has 0 fully saturated rings. The number of ketones is 1. The van der Waals surface area contributed by atoms with Gasteiger partial charge in [-0.2, -0.15) is 0 Å². The van der Waals surface area contributed by atoms with Gasteiger partial charge in [-0.15, -0.1) is 0 Å². The number of unbranched alkanes of at least 4 members (excludes halogenated alkanes) is 12. The predicted molar refractivity (Wildman–Crippen MR) is 113 cm³/mol. The minimum Gasteiger partial charge on any atom is -0.481 e. The summed E-state index contributed by atoms with van der Waals surface area (Å²) in [6.45, 7) is -0.770. The van der Waals surface area contributed by atoms with Crippen molar-refractivity contribution in [1.29, 1.82) is 0 Å². The van der Waals surface area contributed by atoms with Crippen LogP contribution in [0.3, 0.4) is 0 Å². The number of hydrogen-bond acceptors (Lipinski definition) is 7. The Morgan fingerprint density at radius 2 is 0.933 bits per heavy atom. The Balaban J connectivity index is 3.50. The molecule has 0 spiro atoms. The van der Waals surface area contributed by atoms with Crippen LogP contribution in [-0.2, 0) is 9.59 Å². The van der Waals surface area contributed by atoms with Gasteiger partial charge < -0.3 is 30.6 Å². The summed E-state index contributed by atoms with van der Waals surface area (Å²) in [6.07, 6.45) is 6.98. The van der Waals surface area contributed by atoms with E-state index in [-0.39, 0.29) is 12.8 Å². The molecule has 0 aromatic carbocycles. The maximum absolute atomic E-state index is 11.9. The summed E-state index contributed by atoms with van der Waals surface area (Å²) in [5.74, 6) is -1.29. The van der Waals surface area contributed by atoms with E-state index in [9.17, 15) is 30.0 Å². The lowest BCUT2D eigenvalue weighted by atomic mass is 9.97. The molecule has 178 valence electrons. The monoisotopic (exact) mass is 434 g/mol. The van der Waals surface area contributed by atoms with E-state index in [0.717, 1.165) is 44.9 Å². The fourth-order valence-electron chi connectivity index (χ4n) is 3.38. The number of Topliss-reactive ketones (excluding diaryl/α,β-unsaturated/α-hetero) is 1. The van der Waals surface area contributed by atoms with Crippen LogP contribution in [0.15, 0.2) is 0 Å². The van der Waals surface area contributed by atoms with Crippen molar-refractivity contribution in [2.45, 2.75) is 121 Å². The van der Waals surface area contributed by atoms with E-state index in [1.165, 1.54) is 32.1 Å². The first kappa shape index (κ1) is 28.9. The third-order valence-corrected chi connectivity index (χ3v) is 5.40. The van der Waals surface area contributed by atoms with Crippen LogP contribution < -0.4 is 0 Å². The van der Waals surface area contributed by atoms with Gasteiger partial charge in [-0.25, -0.2) is 0 Å². The van der Waals surface area contributed by atoms with Crippen LogP contribution in [0.5, 0.6) is 0 Å². The van der Waals surface area contributed by atoms with Gasteiger partial charge in [-0.3, -0.25) is 9.59 Å². The minimum absolute atomic E-state index is 0.104. The molecule has 0 aliphatic carbocycles. The Kier molecular flexibility index (Phi) is 18.0. The van der Waals surface area contributed by atoms with Crippen molar-refractivity contribution in [3.05, 3.63) is 0 Å². The van der Waals surface area contributed by atoms with Crippen LogP contribution in [0.2, 0.25) is 0 Å². The highest BCUT2D eigenvalue weighted by molar-refractivity contribution is 5.83. The smallest absolute Gasteiger partial charge is 0.303 e. The van der Waals surface area contributed by atoms with Gasteiger partial charge in [0, 0.05) is 12.8 Å². The molecule has 0 aliphatic heterocycles. The average Bonchev–Trinajstić information content (AvgIpc) is 2.73. The molecule has 0 heterocycles. The van der Waals surface area contributed by atoms with E-state index in [2.05, 4.69) is 0 Å². The largest absolute Gasteiger partial charge is 0.481 e. The van der Waals surface area contributed by atoms with E-state index in [0.29, 0.717) is 6.42 Å². The van der Waals surface area contributed by atoms with Gasteiger partial charge >= 0.3 is 5.97 Å². The molecule has 0 aliphatic rings. The fraction of sp³-hybridized carbons (Fsp3) is 0.909. The number of carbonyl (C=O) groups is 2. The maximum atomic E-state index is 11.9. The van der Waals surface area contributed by atoms with Crippen molar-refractivity contribution >= 4 is 11.8 Å². The number of carboxylic acids is 1. The molecule has 0 saturated carbocycles. The van der Waals surface area contributed by atoms with Crippen LogP contribution in [0.25, 0.3) is 0 Å². The van der Waals surface area contributed by atoms with Gasteiger partial charge in [0.25, 0.3) is 0 Å². The van der Waals surface area contributed by atoms with Crippen molar-refractivity contribution in [2.24, 2.45) is 0 Å². The Morgan fingerprint density at radius 1 is 0.567 bits per heavy atom. The highest BCUT2D eigenvalue weighted by atomic mass is 16.4.